The van der Waals surface area contributed by atoms with Crippen LogP contribution in [0.1, 0.15) is 32.1 Å². The predicted octanol–water partition coefficient (Wildman–Crippen LogP) is -0.277. The van der Waals surface area contributed by atoms with Crippen molar-refractivity contribution >= 4 is 17.8 Å². The zero-order valence-corrected chi connectivity index (χ0v) is 8.40. The molecule has 0 aliphatic carbocycles. The minimum absolute atomic E-state index is 0.120. The summed E-state index contributed by atoms with van der Waals surface area (Å²) in [4.78, 5) is 37.9. The molecule has 0 radical (unpaired) electrons. The Morgan fingerprint density at radius 2 is 1.87 bits per heavy atom. The highest BCUT2D eigenvalue weighted by Crippen LogP contribution is 2.12. The Balaban J connectivity index is 2.31. The number of unbranched alkanes of at least 4 members (excludes halogenated alkanes) is 1. The molecule has 0 atom stereocenters. The number of hydroxylamine groups is 2. The Bertz CT molecular complexity index is 261. The van der Waals surface area contributed by atoms with E-state index in [-0.39, 0.29) is 19.3 Å². The quantitative estimate of drug-likeness (QED) is 0.502. The van der Waals surface area contributed by atoms with Crippen LogP contribution in [0, 0.1) is 0 Å². The van der Waals surface area contributed by atoms with Crippen molar-refractivity contribution in [2.75, 3.05) is 6.54 Å². The Labute approximate surface area is 87.3 Å². The van der Waals surface area contributed by atoms with Gasteiger partial charge >= 0.3 is 5.97 Å². The molecule has 0 aromatic carbocycles. The fourth-order valence-electron chi connectivity index (χ4n) is 1.22. The Morgan fingerprint density at radius 3 is 2.40 bits per heavy atom. The molecular weight excluding hydrogens is 200 g/mol. The molecule has 1 saturated heterocycles. The average molecular weight is 214 g/mol. The normalized spacial score (nSPS) is 15.9. The Hall–Kier alpha value is -1.43. The fraction of sp³-hybridized carbons (Fsp3) is 0.667. The smallest absolute Gasteiger partial charge is 0.330 e. The molecule has 1 aliphatic rings. The fourth-order valence-corrected chi connectivity index (χ4v) is 1.22. The van der Waals surface area contributed by atoms with Gasteiger partial charge in [0.15, 0.2) is 0 Å². The summed E-state index contributed by atoms with van der Waals surface area (Å²) < 4.78 is 0. The summed E-state index contributed by atoms with van der Waals surface area (Å²) in [6.45, 7) is 0.509. The van der Waals surface area contributed by atoms with Crippen molar-refractivity contribution in [3.63, 3.8) is 0 Å². The second kappa shape index (κ2) is 5.45. The maximum atomic E-state index is 11.2. The third-order valence-corrected chi connectivity index (χ3v) is 2.03. The van der Waals surface area contributed by atoms with Crippen LogP contribution < -0.4 is 5.73 Å². The van der Waals surface area contributed by atoms with Crippen molar-refractivity contribution in [1.82, 2.24) is 5.06 Å². The van der Waals surface area contributed by atoms with E-state index in [2.05, 4.69) is 4.84 Å². The number of imide groups is 1. The van der Waals surface area contributed by atoms with Crippen molar-refractivity contribution in [1.29, 1.82) is 0 Å². The summed E-state index contributed by atoms with van der Waals surface area (Å²) in [7, 11) is 0. The van der Waals surface area contributed by atoms with Gasteiger partial charge in [0.1, 0.15) is 0 Å². The van der Waals surface area contributed by atoms with Gasteiger partial charge in [0.05, 0.1) is 0 Å². The van der Waals surface area contributed by atoms with Gasteiger partial charge in [-0.3, -0.25) is 9.59 Å². The van der Waals surface area contributed by atoms with E-state index in [1.807, 2.05) is 0 Å². The van der Waals surface area contributed by atoms with E-state index in [9.17, 15) is 14.4 Å². The topological polar surface area (TPSA) is 89.7 Å². The summed E-state index contributed by atoms with van der Waals surface area (Å²) in [6, 6.07) is 0. The standard InChI is InChI=1S/C9H14N2O4/c10-6-2-1-3-9(14)15-11-7(12)4-5-8(11)13/h1-6,10H2. The molecule has 2 amide bonds. The molecule has 0 unspecified atom stereocenters. The van der Waals surface area contributed by atoms with E-state index in [4.69, 9.17) is 5.73 Å². The number of amides is 2. The van der Waals surface area contributed by atoms with Crippen LogP contribution in [0.15, 0.2) is 0 Å². The first-order valence-corrected chi connectivity index (χ1v) is 4.92. The van der Waals surface area contributed by atoms with E-state index in [0.717, 1.165) is 6.42 Å². The van der Waals surface area contributed by atoms with Crippen LogP contribution in [0.3, 0.4) is 0 Å². The van der Waals surface area contributed by atoms with Crippen molar-refractivity contribution < 1.29 is 19.2 Å². The van der Waals surface area contributed by atoms with Crippen LogP contribution in [0.25, 0.3) is 0 Å². The number of carbonyl (C=O) groups excluding carboxylic acids is 3. The molecule has 6 heteroatoms. The second-order valence-electron chi connectivity index (χ2n) is 3.29. The van der Waals surface area contributed by atoms with E-state index >= 15 is 0 Å². The number of rotatable bonds is 5. The number of carbonyl (C=O) groups is 3. The van der Waals surface area contributed by atoms with Gasteiger partial charge in [0.25, 0.3) is 11.8 Å². The maximum absolute atomic E-state index is 11.2. The predicted molar refractivity (Wildman–Crippen MR) is 50.1 cm³/mol. The summed E-state index contributed by atoms with van der Waals surface area (Å²) in [5.41, 5.74) is 5.25. The zero-order chi connectivity index (χ0) is 11.3. The molecule has 0 bridgehead atoms. The Kier molecular flexibility index (Phi) is 4.23. The minimum Gasteiger partial charge on any atom is -0.330 e. The first-order chi connectivity index (χ1) is 7.15. The molecule has 0 aromatic heterocycles. The summed E-state index contributed by atoms with van der Waals surface area (Å²) in [5, 5.41) is 0.560. The molecule has 1 heterocycles. The van der Waals surface area contributed by atoms with Crippen LogP contribution in [0.4, 0.5) is 0 Å². The van der Waals surface area contributed by atoms with Gasteiger partial charge in [-0.1, -0.05) is 0 Å². The van der Waals surface area contributed by atoms with Crippen LogP contribution >= 0.6 is 0 Å². The highest BCUT2D eigenvalue weighted by molar-refractivity contribution is 6.01. The van der Waals surface area contributed by atoms with E-state index in [1.54, 1.807) is 0 Å². The van der Waals surface area contributed by atoms with E-state index < -0.39 is 17.8 Å². The van der Waals surface area contributed by atoms with Gasteiger partial charge < -0.3 is 10.6 Å². The summed E-state index contributed by atoms with van der Waals surface area (Å²) in [6.07, 6.45) is 1.74. The van der Waals surface area contributed by atoms with Gasteiger partial charge in [-0.05, 0) is 19.4 Å². The Morgan fingerprint density at radius 1 is 1.27 bits per heavy atom. The first kappa shape index (κ1) is 11.6. The highest BCUT2D eigenvalue weighted by atomic mass is 16.7. The monoisotopic (exact) mass is 214 g/mol. The van der Waals surface area contributed by atoms with Crippen molar-refractivity contribution in [3.8, 4) is 0 Å². The van der Waals surface area contributed by atoms with Gasteiger partial charge in [-0.15, -0.1) is 5.06 Å². The van der Waals surface area contributed by atoms with Crippen LogP contribution in [0.5, 0.6) is 0 Å². The van der Waals surface area contributed by atoms with Crippen LogP contribution in [-0.4, -0.2) is 29.4 Å². The zero-order valence-electron chi connectivity index (χ0n) is 8.40. The third-order valence-electron chi connectivity index (χ3n) is 2.03. The number of nitrogens with two attached hydrogens (primary N) is 1. The van der Waals surface area contributed by atoms with Gasteiger partial charge in [0, 0.05) is 19.3 Å². The molecule has 6 nitrogen and oxygen atoms in total. The second-order valence-corrected chi connectivity index (χ2v) is 3.29. The number of hydrogen-bond acceptors (Lipinski definition) is 5. The summed E-state index contributed by atoms with van der Waals surface area (Å²) >= 11 is 0. The molecule has 2 N–H and O–H groups in total. The molecule has 84 valence electrons. The largest absolute Gasteiger partial charge is 0.333 e. The van der Waals surface area contributed by atoms with Crippen LogP contribution in [-0.2, 0) is 19.2 Å². The van der Waals surface area contributed by atoms with Gasteiger partial charge in [0.2, 0.25) is 0 Å². The van der Waals surface area contributed by atoms with Crippen molar-refractivity contribution in [2.24, 2.45) is 5.73 Å². The molecule has 0 saturated carbocycles. The molecule has 1 aliphatic heterocycles. The average Bonchev–Trinajstić information content (AvgIpc) is 2.50. The lowest BCUT2D eigenvalue weighted by atomic mass is 10.2. The lowest BCUT2D eigenvalue weighted by Gasteiger charge is -2.12. The lowest BCUT2D eigenvalue weighted by molar-refractivity contribution is -0.197. The summed E-state index contributed by atoms with van der Waals surface area (Å²) in [5.74, 6) is -1.47. The maximum Gasteiger partial charge on any atom is 0.333 e. The van der Waals surface area contributed by atoms with Crippen LogP contribution in [0.2, 0.25) is 0 Å². The first-order valence-electron chi connectivity index (χ1n) is 4.92. The number of nitrogens with zero attached hydrogens (tertiary/aromatic N) is 1. The molecule has 15 heavy (non-hydrogen) atoms. The minimum atomic E-state index is -0.563. The lowest BCUT2D eigenvalue weighted by Crippen LogP contribution is -2.31. The molecule has 1 fully saturated rings. The number of hydrogen-bond donors (Lipinski definition) is 1. The van der Waals surface area contributed by atoms with Gasteiger partial charge in [-0.25, -0.2) is 4.79 Å². The highest BCUT2D eigenvalue weighted by Gasteiger charge is 2.32. The van der Waals surface area contributed by atoms with Crippen molar-refractivity contribution in [2.45, 2.75) is 32.1 Å². The van der Waals surface area contributed by atoms with Crippen molar-refractivity contribution in [3.05, 3.63) is 0 Å². The van der Waals surface area contributed by atoms with E-state index in [0.29, 0.717) is 18.0 Å². The molecular formula is C9H14N2O4. The molecule has 1 rings (SSSR count). The SMILES string of the molecule is NCCCCC(=O)ON1C(=O)CCC1=O. The molecule has 0 aromatic rings. The third kappa shape index (κ3) is 3.32. The van der Waals surface area contributed by atoms with Gasteiger partial charge in [-0.2, -0.15) is 0 Å². The molecule has 0 spiro atoms. The van der Waals surface area contributed by atoms with E-state index in [1.165, 1.54) is 0 Å².